The summed E-state index contributed by atoms with van der Waals surface area (Å²) in [5.41, 5.74) is 6.00. The van der Waals surface area contributed by atoms with Crippen LogP contribution in [0, 0.1) is 11.8 Å². The Labute approximate surface area is 70.4 Å². The molecule has 2 N–H and O–H groups in total. The first kappa shape index (κ1) is 9.05. The summed E-state index contributed by atoms with van der Waals surface area (Å²) < 4.78 is 0. The Kier molecular flexibility index (Phi) is 3.38. The molecule has 0 radical (unpaired) electrons. The second-order valence-corrected chi connectivity index (χ2v) is 4.29. The molecule has 0 unspecified atom stereocenters. The van der Waals surface area contributed by atoms with Gasteiger partial charge in [0, 0.05) is 6.04 Å². The summed E-state index contributed by atoms with van der Waals surface area (Å²) in [6, 6.07) is 0.443. The standard InChI is InChI=1S/C10H21N/c1-8(2)10(11)7-9-5-3-4-6-9/h8-10H,3-7,11H2,1-2H3/t10-/m1/s1. The molecular formula is C10H21N. The zero-order valence-corrected chi connectivity index (χ0v) is 7.84. The Bertz CT molecular complexity index is 103. The molecule has 0 aromatic heterocycles. The van der Waals surface area contributed by atoms with E-state index in [2.05, 4.69) is 13.8 Å². The first-order valence-corrected chi connectivity index (χ1v) is 4.95. The molecule has 0 aliphatic heterocycles. The van der Waals surface area contributed by atoms with Gasteiger partial charge in [0.1, 0.15) is 0 Å². The lowest BCUT2D eigenvalue weighted by Crippen LogP contribution is -2.28. The average molecular weight is 155 g/mol. The molecule has 1 atom stereocenters. The molecule has 1 saturated carbocycles. The largest absolute Gasteiger partial charge is 0.327 e. The molecule has 0 heterocycles. The highest BCUT2D eigenvalue weighted by atomic mass is 14.6. The topological polar surface area (TPSA) is 26.0 Å². The van der Waals surface area contributed by atoms with Crippen molar-refractivity contribution in [2.45, 2.75) is 52.0 Å². The maximum Gasteiger partial charge on any atom is 0.00645 e. The summed E-state index contributed by atoms with van der Waals surface area (Å²) in [5.74, 6) is 1.61. The molecule has 0 aromatic rings. The van der Waals surface area contributed by atoms with Crippen molar-refractivity contribution in [3.63, 3.8) is 0 Å². The van der Waals surface area contributed by atoms with Crippen LogP contribution in [0.3, 0.4) is 0 Å². The first-order valence-electron chi connectivity index (χ1n) is 4.95. The third kappa shape index (κ3) is 2.82. The third-order valence-electron chi connectivity index (χ3n) is 2.94. The van der Waals surface area contributed by atoms with E-state index in [-0.39, 0.29) is 0 Å². The van der Waals surface area contributed by atoms with Gasteiger partial charge < -0.3 is 5.73 Å². The number of hydrogen-bond acceptors (Lipinski definition) is 1. The van der Waals surface area contributed by atoms with Crippen LogP contribution < -0.4 is 5.73 Å². The number of hydrogen-bond donors (Lipinski definition) is 1. The lowest BCUT2D eigenvalue weighted by molar-refractivity contribution is 0.377. The average Bonchev–Trinajstić information content (AvgIpc) is 2.39. The van der Waals surface area contributed by atoms with Gasteiger partial charge in [-0.05, 0) is 18.3 Å². The Hall–Kier alpha value is -0.0400. The SMILES string of the molecule is CC(C)[C@H](N)CC1CCCC1. The Morgan fingerprint density at radius 2 is 1.82 bits per heavy atom. The van der Waals surface area contributed by atoms with E-state index in [0.29, 0.717) is 12.0 Å². The van der Waals surface area contributed by atoms with Crippen molar-refractivity contribution in [2.24, 2.45) is 17.6 Å². The molecule has 1 fully saturated rings. The maximum atomic E-state index is 6.00. The summed E-state index contributed by atoms with van der Waals surface area (Å²) in [7, 11) is 0. The van der Waals surface area contributed by atoms with Gasteiger partial charge in [-0.15, -0.1) is 0 Å². The lowest BCUT2D eigenvalue weighted by Gasteiger charge is -2.19. The zero-order valence-electron chi connectivity index (χ0n) is 7.84. The molecule has 0 saturated heterocycles. The van der Waals surface area contributed by atoms with Crippen LogP contribution in [0.4, 0.5) is 0 Å². The van der Waals surface area contributed by atoms with Crippen molar-refractivity contribution >= 4 is 0 Å². The van der Waals surface area contributed by atoms with Gasteiger partial charge in [0.15, 0.2) is 0 Å². The van der Waals surface area contributed by atoms with E-state index in [9.17, 15) is 0 Å². The normalized spacial score (nSPS) is 22.9. The van der Waals surface area contributed by atoms with Crippen LogP contribution in [0.15, 0.2) is 0 Å². The second-order valence-electron chi connectivity index (χ2n) is 4.29. The predicted molar refractivity (Wildman–Crippen MR) is 49.4 cm³/mol. The fourth-order valence-corrected chi connectivity index (χ4v) is 1.90. The van der Waals surface area contributed by atoms with Crippen LogP contribution in [0.1, 0.15) is 46.0 Å². The molecule has 1 rings (SSSR count). The highest BCUT2D eigenvalue weighted by molar-refractivity contribution is 4.74. The third-order valence-corrected chi connectivity index (χ3v) is 2.94. The quantitative estimate of drug-likeness (QED) is 0.666. The Balaban J connectivity index is 2.18. The second kappa shape index (κ2) is 4.10. The summed E-state index contributed by atoms with van der Waals surface area (Å²) in [5, 5.41) is 0. The molecule has 0 aromatic carbocycles. The van der Waals surface area contributed by atoms with Crippen LogP contribution in [0.2, 0.25) is 0 Å². The van der Waals surface area contributed by atoms with Crippen LogP contribution in [0.25, 0.3) is 0 Å². The number of rotatable bonds is 3. The lowest BCUT2D eigenvalue weighted by atomic mass is 9.92. The molecule has 66 valence electrons. The predicted octanol–water partition coefficient (Wildman–Crippen LogP) is 2.55. The van der Waals surface area contributed by atoms with Crippen molar-refractivity contribution < 1.29 is 0 Å². The van der Waals surface area contributed by atoms with Crippen molar-refractivity contribution in [2.75, 3.05) is 0 Å². The zero-order chi connectivity index (χ0) is 8.27. The molecule has 0 spiro atoms. The van der Waals surface area contributed by atoms with Crippen LogP contribution >= 0.6 is 0 Å². The first-order chi connectivity index (χ1) is 5.20. The highest BCUT2D eigenvalue weighted by Crippen LogP contribution is 2.29. The fourth-order valence-electron chi connectivity index (χ4n) is 1.90. The van der Waals surface area contributed by atoms with Crippen molar-refractivity contribution in [3.8, 4) is 0 Å². The number of nitrogens with two attached hydrogens (primary N) is 1. The molecule has 0 amide bonds. The van der Waals surface area contributed by atoms with E-state index in [1.54, 1.807) is 0 Å². The van der Waals surface area contributed by atoms with E-state index >= 15 is 0 Å². The van der Waals surface area contributed by atoms with Gasteiger partial charge in [0.25, 0.3) is 0 Å². The minimum Gasteiger partial charge on any atom is -0.327 e. The molecule has 1 nitrogen and oxygen atoms in total. The minimum absolute atomic E-state index is 0.443. The van der Waals surface area contributed by atoms with E-state index in [0.717, 1.165) is 5.92 Å². The van der Waals surface area contributed by atoms with Gasteiger partial charge in [0.2, 0.25) is 0 Å². The van der Waals surface area contributed by atoms with Crippen LogP contribution in [-0.2, 0) is 0 Å². The van der Waals surface area contributed by atoms with Gasteiger partial charge in [-0.1, -0.05) is 39.5 Å². The van der Waals surface area contributed by atoms with Gasteiger partial charge in [-0.3, -0.25) is 0 Å². The smallest absolute Gasteiger partial charge is 0.00645 e. The highest BCUT2D eigenvalue weighted by Gasteiger charge is 2.19. The maximum absolute atomic E-state index is 6.00. The van der Waals surface area contributed by atoms with E-state index in [4.69, 9.17) is 5.73 Å². The van der Waals surface area contributed by atoms with Crippen molar-refractivity contribution in [1.82, 2.24) is 0 Å². The Morgan fingerprint density at radius 3 is 2.27 bits per heavy atom. The molecule has 1 aliphatic carbocycles. The van der Waals surface area contributed by atoms with E-state index < -0.39 is 0 Å². The molecule has 1 aliphatic rings. The molecule has 0 bridgehead atoms. The van der Waals surface area contributed by atoms with Gasteiger partial charge in [0.05, 0.1) is 0 Å². The monoisotopic (exact) mass is 155 g/mol. The molecular weight excluding hydrogens is 134 g/mol. The van der Waals surface area contributed by atoms with E-state index in [1.807, 2.05) is 0 Å². The fraction of sp³-hybridized carbons (Fsp3) is 1.00. The van der Waals surface area contributed by atoms with E-state index in [1.165, 1.54) is 32.1 Å². The summed E-state index contributed by atoms with van der Waals surface area (Å²) >= 11 is 0. The van der Waals surface area contributed by atoms with Crippen molar-refractivity contribution in [3.05, 3.63) is 0 Å². The summed E-state index contributed by atoms with van der Waals surface area (Å²) in [6.45, 7) is 4.44. The minimum atomic E-state index is 0.443. The van der Waals surface area contributed by atoms with Gasteiger partial charge >= 0.3 is 0 Å². The van der Waals surface area contributed by atoms with Crippen LogP contribution in [-0.4, -0.2) is 6.04 Å². The van der Waals surface area contributed by atoms with Crippen LogP contribution in [0.5, 0.6) is 0 Å². The summed E-state index contributed by atoms with van der Waals surface area (Å²) in [6.07, 6.45) is 7.00. The Morgan fingerprint density at radius 1 is 1.27 bits per heavy atom. The molecule has 11 heavy (non-hydrogen) atoms. The van der Waals surface area contributed by atoms with Gasteiger partial charge in [-0.2, -0.15) is 0 Å². The van der Waals surface area contributed by atoms with Gasteiger partial charge in [-0.25, -0.2) is 0 Å². The van der Waals surface area contributed by atoms with Crippen molar-refractivity contribution in [1.29, 1.82) is 0 Å². The summed E-state index contributed by atoms with van der Waals surface area (Å²) in [4.78, 5) is 0. The molecule has 1 heteroatoms.